The fourth-order valence-electron chi connectivity index (χ4n) is 5.49. The second kappa shape index (κ2) is 9.88. The van der Waals surface area contributed by atoms with E-state index in [0.717, 1.165) is 34.3 Å². The molecule has 0 atom stereocenters. The normalized spacial score (nSPS) is 22.2. The van der Waals surface area contributed by atoms with Crippen LogP contribution in [0.4, 0.5) is 5.82 Å². The Kier molecular flexibility index (Phi) is 6.70. The van der Waals surface area contributed by atoms with Crippen LogP contribution < -0.4 is 5.32 Å². The van der Waals surface area contributed by atoms with E-state index in [9.17, 15) is 0 Å². The topological polar surface area (TPSA) is 49.2 Å². The highest BCUT2D eigenvalue weighted by Gasteiger charge is 2.26. The van der Waals surface area contributed by atoms with Crippen molar-refractivity contribution >= 4 is 16.6 Å². The lowest BCUT2D eigenvalue weighted by Gasteiger charge is -2.37. The van der Waals surface area contributed by atoms with Crippen molar-refractivity contribution in [1.82, 2.24) is 24.3 Å². The molecule has 0 bridgehead atoms. The average Bonchev–Trinajstić information content (AvgIpc) is 3.18. The maximum atomic E-state index is 4.66. The zero-order chi connectivity index (χ0) is 23.7. The molecule has 2 fully saturated rings. The van der Waals surface area contributed by atoms with Crippen LogP contribution in [-0.4, -0.2) is 64.1 Å². The molecule has 5 rings (SSSR count). The quantitative estimate of drug-likeness (QED) is 0.568. The number of imidazole rings is 1. The summed E-state index contributed by atoms with van der Waals surface area (Å²) in [6.45, 7) is 12.6. The van der Waals surface area contributed by atoms with Gasteiger partial charge in [-0.1, -0.05) is 18.7 Å². The van der Waals surface area contributed by atoms with Crippen LogP contribution >= 0.6 is 0 Å². The van der Waals surface area contributed by atoms with Crippen molar-refractivity contribution in [2.75, 3.05) is 45.1 Å². The molecule has 2 aliphatic rings. The number of piperazine rings is 1. The van der Waals surface area contributed by atoms with Gasteiger partial charge in [-0.25, -0.2) is 9.97 Å². The minimum atomic E-state index is 0.532. The zero-order valence-electron chi connectivity index (χ0n) is 20.9. The van der Waals surface area contributed by atoms with E-state index in [4.69, 9.17) is 0 Å². The molecule has 34 heavy (non-hydrogen) atoms. The predicted octanol–water partition coefficient (Wildman–Crippen LogP) is 4.92. The van der Waals surface area contributed by atoms with Crippen LogP contribution in [0, 0.1) is 18.8 Å². The molecule has 1 aliphatic heterocycles. The van der Waals surface area contributed by atoms with E-state index in [2.05, 4.69) is 74.6 Å². The molecule has 1 N–H and O–H groups in total. The van der Waals surface area contributed by atoms with Crippen LogP contribution in [0.2, 0.25) is 0 Å². The molecule has 2 aromatic heterocycles. The number of aromatic nitrogens is 3. The first-order valence-corrected chi connectivity index (χ1v) is 12.7. The molecule has 0 amide bonds. The van der Waals surface area contributed by atoms with Crippen molar-refractivity contribution in [3.63, 3.8) is 0 Å². The molecule has 3 heterocycles. The second-order valence-electron chi connectivity index (χ2n) is 10.4. The Morgan fingerprint density at radius 2 is 1.74 bits per heavy atom. The number of allylic oxidation sites excluding steroid dienone is 1. The second-order valence-corrected chi connectivity index (χ2v) is 10.4. The standard InChI is InChI=1S/C28H38N6/c1-20(23-7-5-22(6-8-23)19-34-13-11-32(3)12-14-34)31-28-16-26-15-24(9-10-25(26)17-30-28)27-18-29-21(2)33(27)4/h9-10,15-18,22-23H,1,5-8,11-14,19H2,2-4H3,(H,30,31)/t22-,23+. The van der Waals surface area contributed by atoms with Gasteiger partial charge < -0.3 is 19.7 Å². The first-order valence-electron chi connectivity index (χ1n) is 12.7. The van der Waals surface area contributed by atoms with Gasteiger partial charge in [-0.15, -0.1) is 0 Å². The lowest BCUT2D eigenvalue weighted by molar-refractivity contribution is 0.121. The molecule has 180 valence electrons. The van der Waals surface area contributed by atoms with Gasteiger partial charge in [0, 0.05) is 62.6 Å². The third kappa shape index (κ3) is 5.03. The van der Waals surface area contributed by atoms with Gasteiger partial charge >= 0.3 is 0 Å². The van der Waals surface area contributed by atoms with Crippen molar-refractivity contribution in [2.24, 2.45) is 18.9 Å². The summed E-state index contributed by atoms with van der Waals surface area (Å²) in [4.78, 5) is 14.2. The Bertz CT molecular complexity index is 1150. The lowest BCUT2D eigenvalue weighted by Crippen LogP contribution is -2.46. The molecular formula is C28H38N6. The summed E-state index contributed by atoms with van der Waals surface area (Å²) >= 11 is 0. The smallest absolute Gasteiger partial charge is 0.130 e. The van der Waals surface area contributed by atoms with Gasteiger partial charge in [-0.05, 0) is 69.0 Å². The fourth-order valence-corrected chi connectivity index (χ4v) is 5.49. The Morgan fingerprint density at radius 3 is 2.44 bits per heavy atom. The maximum absolute atomic E-state index is 4.66. The van der Waals surface area contributed by atoms with Crippen LogP contribution in [0.15, 0.2) is 48.9 Å². The summed E-state index contributed by atoms with van der Waals surface area (Å²) in [5.41, 5.74) is 3.41. The van der Waals surface area contributed by atoms with Gasteiger partial charge in [-0.3, -0.25) is 0 Å². The monoisotopic (exact) mass is 458 g/mol. The number of pyridine rings is 1. The number of benzene rings is 1. The largest absolute Gasteiger partial charge is 0.344 e. The van der Waals surface area contributed by atoms with E-state index in [1.807, 2.05) is 19.3 Å². The van der Waals surface area contributed by atoms with E-state index >= 15 is 0 Å². The summed E-state index contributed by atoms with van der Waals surface area (Å²) in [5.74, 6) is 3.27. The van der Waals surface area contributed by atoms with E-state index in [-0.39, 0.29) is 0 Å². The number of nitrogens with zero attached hydrogens (tertiary/aromatic N) is 5. The Balaban J connectivity index is 1.19. The van der Waals surface area contributed by atoms with Gasteiger partial charge in [0.1, 0.15) is 11.6 Å². The highest BCUT2D eigenvalue weighted by atomic mass is 15.2. The fraction of sp³-hybridized carbons (Fsp3) is 0.500. The summed E-state index contributed by atoms with van der Waals surface area (Å²) in [7, 11) is 4.29. The highest BCUT2D eigenvalue weighted by Crippen LogP contribution is 2.34. The van der Waals surface area contributed by atoms with Crippen molar-refractivity contribution < 1.29 is 0 Å². The van der Waals surface area contributed by atoms with Crippen LogP contribution in [0.3, 0.4) is 0 Å². The molecule has 6 nitrogen and oxygen atoms in total. The molecule has 1 aliphatic carbocycles. The van der Waals surface area contributed by atoms with Gasteiger partial charge in [0.05, 0.1) is 11.9 Å². The molecule has 0 spiro atoms. The van der Waals surface area contributed by atoms with Gasteiger partial charge in [0.15, 0.2) is 0 Å². The van der Waals surface area contributed by atoms with Crippen molar-refractivity contribution in [3.05, 3.63) is 54.8 Å². The van der Waals surface area contributed by atoms with Gasteiger partial charge in [0.25, 0.3) is 0 Å². The number of hydrogen-bond acceptors (Lipinski definition) is 5. The Hall–Kier alpha value is -2.70. The summed E-state index contributed by atoms with van der Waals surface area (Å²) in [5, 5.41) is 5.86. The van der Waals surface area contributed by atoms with Crippen LogP contribution in [0.1, 0.15) is 31.5 Å². The van der Waals surface area contributed by atoms with Crippen molar-refractivity contribution in [2.45, 2.75) is 32.6 Å². The third-order valence-electron chi connectivity index (χ3n) is 7.98. The molecule has 0 unspecified atom stereocenters. The Labute approximate surface area is 203 Å². The van der Waals surface area contributed by atoms with E-state index in [0.29, 0.717) is 5.92 Å². The van der Waals surface area contributed by atoms with Gasteiger partial charge in [0.2, 0.25) is 0 Å². The van der Waals surface area contributed by atoms with Gasteiger partial charge in [-0.2, -0.15) is 0 Å². The summed E-state index contributed by atoms with van der Waals surface area (Å²) in [6.07, 6.45) is 8.95. The molecule has 1 saturated carbocycles. The minimum Gasteiger partial charge on any atom is -0.344 e. The molecule has 6 heteroatoms. The van der Waals surface area contributed by atoms with Crippen LogP contribution in [-0.2, 0) is 7.05 Å². The zero-order valence-corrected chi connectivity index (χ0v) is 20.9. The number of fused-ring (bicyclic) bond motifs is 1. The number of rotatable bonds is 6. The molecule has 3 aromatic rings. The first-order chi connectivity index (χ1) is 16.5. The summed E-state index contributed by atoms with van der Waals surface area (Å²) in [6, 6.07) is 8.66. The SMILES string of the molecule is C=C(Nc1cc2cc(-c3cnc(C)n3C)ccc2cn1)[C@H]1CC[C@@H](CN2CCN(C)CC2)CC1. The molecular weight excluding hydrogens is 420 g/mol. The number of nitrogens with one attached hydrogen (secondary N) is 1. The number of likely N-dealkylation sites (N-methyl/N-ethyl adjacent to an activating group) is 1. The number of hydrogen-bond donors (Lipinski definition) is 1. The van der Waals surface area contributed by atoms with Crippen LogP contribution in [0.5, 0.6) is 0 Å². The molecule has 1 saturated heterocycles. The number of aryl methyl sites for hydroxylation is 1. The maximum Gasteiger partial charge on any atom is 0.130 e. The summed E-state index contributed by atoms with van der Waals surface area (Å²) < 4.78 is 2.13. The third-order valence-corrected chi connectivity index (χ3v) is 7.98. The van der Waals surface area contributed by atoms with Crippen LogP contribution in [0.25, 0.3) is 22.0 Å². The molecule has 0 radical (unpaired) electrons. The van der Waals surface area contributed by atoms with Crippen molar-refractivity contribution in [1.29, 1.82) is 0 Å². The predicted molar refractivity (Wildman–Crippen MR) is 141 cm³/mol. The first kappa shape index (κ1) is 23.1. The lowest BCUT2D eigenvalue weighted by atomic mass is 9.80. The van der Waals surface area contributed by atoms with E-state index < -0.39 is 0 Å². The number of anilines is 1. The molecule has 1 aromatic carbocycles. The average molecular weight is 459 g/mol. The van der Waals surface area contributed by atoms with E-state index in [1.165, 1.54) is 69.4 Å². The minimum absolute atomic E-state index is 0.532. The highest BCUT2D eigenvalue weighted by molar-refractivity contribution is 5.88. The van der Waals surface area contributed by atoms with Crippen molar-refractivity contribution in [3.8, 4) is 11.3 Å². The Morgan fingerprint density at radius 1 is 0.971 bits per heavy atom. The van der Waals surface area contributed by atoms with E-state index in [1.54, 1.807) is 0 Å².